The maximum Gasteiger partial charge on any atom is 0.265 e. The van der Waals surface area contributed by atoms with Crippen LogP contribution in [0.1, 0.15) is 40.1 Å². The van der Waals surface area contributed by atoms with E-state index in [1.165, 1.54) is 11.3 Å². The van der Waals surface area contributed by atoms with Crippen LogP contribution in [0, 0.1) is 0 Å². The van der Waals surface area contributed by atoms with Crippen molar-refractivity contribution >= 4 is 28.8 Å². The molecule has 2 aromatic carbocycles. The molecule has 30 heavy (non-hydrogen) atoms. The van der Waals surface area contributed by atoms with Gasteiger partial charge in [-0.15, -0.1) is 11.3 Å². The molecule has 3 heterocycles. The Morgan fingerprint density at radius 2 is 2.00 bits per heavy atom. The number of anilines is 1. The molecule has 152 valence electrons. The smallest absolute Gasteiger partial charge is 0.265 e. The van der Waals surface area contributed by atoms with Gasteiger partial charge in [-0.2, -0.15) is 0 Å². The maximum atomic E-state index is 12.9. The summed E-state index contributed by atoms with van der Waals surface area (Å²) in [6.45, 7) is 1.87. The monoisotopic (exact) mass is 418 g/mol. The van der Waals surface area contributed by atoms with Crippen molar-refractivity contribution in [3.05, 3.63) is 70.6 Å². The number of hydrogen-bond acceptors (Lipinski definition) is 4. The molecular formula is C24H22N2O3S. The van der Waals surface area contributed by atoms with Gasteiger partial charge < -0.3 is 15.0 Å². The minimum Gasteiger partial charge on any atom is -0.488 e. The van der Waals surface area contributed by atoms with Gasteiger partial charge in [0.1, 0.15) is 12.4 Å². The molecule has 5 nitrogen and oxygen atoms in total. The number of carbonyl (C=O) groups is 2. The van der Waals surface area contributed by atoms with E-state index >= 15 is 0 Å². The Bertz CT molecular complexity index is 1120. The van der Waals surface area contributed by atoms with Crippen LogP contribution in [-0.4, -0.2) is 23.3 Å². The number of nitrogens with zero attached hydrogens (tertiary/aromatic N) is 1. The van der Waals surface area contributed by atoms with Crippen LogP contribution in [0.3, 0.4) is 0 Å². The van der Waals surface area contributed by atoms with Gasteiger partial charge in [-0.25, -0.2) is 0 Å². The summed E-state index contributed by atoms with van der Waals surface area (Å²) >= 11 is 1.49. The van der Waals surface area contributed by atoms with Crippen molar-refractivity contribution in [2.45, 2.75) is 32.4 Å². The molecule has 1 N–H and O–H groups in total. The molecule has 5 rings (SSSR count). The number of fused-ring (bicyclic) bond motifs is 3. The van der Waals surface area contributed by atoms with Crippen molar-refractivity contribution in [3.63, 3.8) is 0 Å². The lowest BCUT2D eigenvalue weighted by atomic mass is 10.1. The lowest BCUT2D eigenvalue weighted by Crippen LogP contribution is -2.34. The molecule has 1 saturated heterocycles. The summed E-state index contributed by atoms with van der Waals surface area (Å²) in [7, 11) is 0. The number of carbonyl (C=O) groups excluding carboxylic acids is 2. The van der Waals surface area contributed by atoms with Crippen LogP contribution in [-0.2, 0) is 17.9 Å². The minimum atomic E-state index is -0.127. The van der Waals surface area contributed by atoms with Gasteiger partial charge in [0.25, 0.3) is 5.91 Å². The number of rotatable bonds is 4. The zero-order valence-corrected chi connectivity index (χ0v) is 17.3. The lowest BCUT2D eigenvalue weighted by molar-refractivity contribution is -0.133. The summed E-state index contributed by atoms with van der Waals surface area (Å²) in [6, 6.07) is 17.6. The van der Waals surface area contributed by atoms with E-state index in [1.807, 2.05) is 59.5 Å². The third-order valence-corrected chi connectivity index (χ3v) is 6.74. The molecule has 2 aliphatic heterocycles. The maximum absolute atomic E-state index is 12.9. The summed E-state index contributed by atoms with van der Waals surface area (Å²) in [5.41, 5.74) is 3.85. The van der Waals surface area contributed by atoms with Gasteiger partial charge in [0.05, 0.1) is 4.88 Å². The molecule has 0 atom stereocenters. The Morgan fingerprint density at radius 1 is 1.10 bits per heavy atom. The number of piperidine rings is 1. The first kappa shape index (κ1) is 18.9. The highest BCUT2D eigenvalue weighted by Gasteiger charge is 2.23. The molecule has 1 aromatic heterocycles. The van der Waals surface area contributed by atoms with E-state index in [4.69, 9.17) is 4.74 Å². The van der Waals surface area contributed by atoms with Crippen LogP contribution in [0.4, 0.5) is 5.69 Å². The topological polar surface area (TPSA) is 58.6 Å². The van der Waals surface area contributed by atoms with Crippen molar-refractivity contribution in [1.82, 2.24) is 4.90 Å². The number of thiophene rings is 1. The van der Waals surface area contributed by atoms with Gasteiger partial charge in [-0.05, 0) is 48.7 Å². The fourth-order valence-electron chi connectivity index (χ4n) is 4.00. The summed E-state index contributed by atoms with van der Waals surface area (Å²) in [5, 5.41) is 3.01. The van der Waals surface area contributed by atoms with E-state index in [0.29, 0.717) is 24.4 Å². The Kier molecular flexibility index (Phi) is 5.01. The average Bonchev–Trinajstić information content (AvgIpc) is 3.21. The second-order valence-electron chi connectivity index (χ2n) is 7.68. The van der Waals surface area contributed by atoms with E-state index in [2.05, 4.69) is 5.32 Å². The molecule has 6 heteroatoms. The number of amides is 2. The molecule has 3 aromatic rings. The molecule has 2 aliphatic rings. The summed E-state index contributed by atoms with van der Waals surface area (Å²) in [4.78, 5) is 28.6. The lowest BCUT2D eigenvalue weighted by Gasteiger charge is -2.26. The third kappa shape index (κ3) is 3.71. The number of hydrogen-bond donors (Lipinski definition) is 1. The van der Waals surface area contributed by atoms with E-state index in [1.54, 1.807) is 0 Å². The van der Waals surface area contributed by atoms with Crippen molar-refractivity contribution in [1.29, 1.82) is 0 Å². The summed E-state index contributed by atoms with van der Waals surface area (Å²) < 4.78 is 5.80. The molecule has 0 aliphatic carbocycles. The average molecular weight is 419 g/mol. The zero-order chi connectivity index (χ0) is 20.5. The van der Waals surface area contributed by atoms with Crippen LogP contribution in [0.25, 0.3) is 10.4 Å². The van der Waals surface area contributed by atoms with Crippen molar-refractivity contribution in [2.75, 3.05) is 11.9 Å². The van der Waals surface area contributed by atoms with Crippen LogP contribution < -0.4 is 10.1 Å². The van der Waals surface area contributed by atoms with Crippen molar-refractivity contribution in [3.8, 4) is 16.2 Å². The molecule has 0 unspecified atom stereocenters. The number of likely N-dealkylation sites (tertiary alicyclic amines) is 1. The predicted octanol–water partition coefficient (Wildman–Crippen LogP) is 5.07. The van der Waals surface area contributed by atoms with Crippen LogP contribution in [0.15, 0.2) is 54.6 Å². The Morgan fingerprint density at radius 3 is 2.90 bits per heavy atom. The van der Waals surface area contributed by atoms with Crippen molar-refractivity contribution < 1.29 is 14.3 Å². The van der Waals surface area contributed by atoms with Crippen molar-refractivity contribution in [2.24, 2.45) is 0 Å². The van der Waals surface area contributed by atoms with E-state index in [0.717, 1.165) is 52.4 Å². The van der Waals surface area contributed by atoms with Crippen LogP contribution in [0.2, 0.25) is 0 Å². The Balaban J connectivity index is 1.32. The molecule has 0 saturated carbocycles. The second-order valence-corrected chi connectivity index (χ2v) is 8.73. The Hall–Kier alpha value is -3.12. The fraction of sp³-hybridized carbons (Fsp3) is 0.250. The van der Waals surface area contributed by atoms with Crippen LogP contribution in [0.5, 0.6) is 5.75 Å². The zero-order valence-electron chi connectivity index (χ0n) is 16.5. The highest BCUT2D eigenvalue weighted by Crippen LogP contribution is 2.42. The van der Waals surface area contributed by atoms with Gasteiger partial charge >= 0.3 is 0 Å². The second kappa shape index (κ2) is 7.95. The highest BCUT2D eigenvalue weighted by molar-refractivity contribution is 7.17. The summed E-state index contributed by atoms with van der Waals surface area (Å²) in [5.74, 6) is 0.944. The van der Waals surface area contributed by atoms with Crippen LogP contribution >= 0.6 is 11.3 Å². The van der Waals surface area contributed by atoms with E-state index in [-0.39, 0.29) is 11.8 Å². The molecule has 0 bridgehead atoms. The van der Waals surface area contributed by atoms with Gasteiger partial charge in [-0.3, -0.25) is 9.59 Å². The number of para-hydroxylation sites is 1. The van der Waals surface area contributed by atoms with Gasteiger partial charge in [-0.1, -0.05) is 24.3 Å². The quantitative estimate of drug-likeness (QED) is 0.643. The molecule has 0 radical (unpaired) electrons. The molecule has 1 fully saturated rings. The van der Waals surface area contributed by atoms with E-state index < -0.39 is 0 Å². The standard InChI is InChI=1S/C24H22N2O3S/c27-22-10-3-4-11-26(22)14-16-6-5-7-18(12-16)25-24(28)21-13-17-15-29-20-9-2-1-8-19(20)23(17)30-21/h1-2,5-9,12-13H,3-4,10-11,14-15H2,(H,25,28). The first-order valence-electron chi connectivity index (χ1n) is 10.2. The SMILES string of the molecule is O=C(Nc1cccc(CN2CCCCC2=O)c1)c1cc2c(s1)-c1ccccc1OC2. The fourth-order valence-corrected chi connectivity index (χ4v) is 5.09. The Labute approximate surface area is 179 Å². The molecule has 2 amide bonds. The van der Waals surface area contributed by atoms with Gasteiger partial charge in [0.15, 0.2) is 0 Å². The largest absolute Gasteiger partial charge is 0.488 e. The number of ether oxygens (including phenoxy) is 1. The van der Waals surface area contributed by atoms with E-state index in [9.17, 15) is 9.59 Å². The third-order valence-electron chi connectivity index (χ3n) is 5.53. The minimum absolute atomic E-state index is 0.127. The number of benzene rings is 2. The highest BCUT2D eigenvalue weighted by atomic mass is 32.1. The normalized spacial score (nSPS) is 15.2. The van der Waals surface area contributed by atoms with Gasteiger partial charge in [0.2, 0.25) is 5.91 Å². The summed E-state index contributed by atoms with van der Waals surface area (Å²) in [6.07, 6.45) is 2.66. The molecular weight excluding hydrogens is 396 g/mol. The predicted molar refractivity (Wildman–Crippen MR) is 118 cm³/mol. The number of nitrogens with one attached hydrogen (secondary N) is 1. The molecule has 0 spiro atoms. The first-order chi connectivity index (χ1) is 14.7. The van der Waals surface area contributed by atoms with Gasteiger partial charge in [0, 0.05) is 41.2 Å². The first-order valence-corrected chi connectivity index (χ1v) is 11.0.